The molecule has 0 aromatic heterocycles. The van der Waals surface area contributed by atoms with Crippen molar-refractivity contribution in [2.45, 2.75) is 258 Å². The minimum absolute atomic E-state index is 0.0146. The second-order valence-electron chi connectivity index (χ2n) is 33.1. The van der Waals surface area contributed by atoms with Gasteiger partial charge in [-0.2, -0.15) is 8.78 Å². The summed E-state index contributed by atoms with van der Waals surface area (Å²) < 4.78 is 88.7. The Morgan fingerprint density at radius 3 is 1.51 bits per heavy atom. The minimum Gasteiger partial charge on any atom is -0.743 e. The van der Waals surface area contributed by atoms with E-state index in [-0.39, 0.29) is 75.6 Å². The van der Waals surface area contributed by atoms with E-state index < -0.39 is 43.7 Å². The van der Waals surface area contributed by atoms with E-state index in [1.54, 1.807) is 37.3 Å². The smallest absolute Gasteiger partial charge is 0.369 e. The molecule has 20 heteroatoms. The largest absolute Gasteiger partial charge is 0.743 e. The number of carbonyl (C=O) groups excluding carboxylic acids is 6. The van der Waals surface area contributed by atoms with Gasteiger partial charge < -0.3 is 38.1 Å². The van der Waals surface area contributed by atoms with E-state index in [1.807, 2.05) is 82.2 Å². The van der Waals surface area contributed by atoms with E-state index in [0.29, 0.717) is 42.7 Å². The van der Waals surface area contributed by atoms with Gasteiger partial charge >= 0.3 is 41.1 Å². The van der Waals surface area contributed by atoms with Gasteiger partial charge in [-0.25, -0.2) is 13.2 Å². The van der Waals surface area contributed by atoms with E-state index >= 15 is 0 Å². The SMILES string of the molecule is CCC(C)(C)C(=O)OC(C)C(F)(F)S(=O)(=O)[O-].CCC(C)(C)C(=O)OC1(CC)CC2CC1C1C3CCC(C3)C21.CCC(C)(C)C(=O)OC1CCCCc2ccccc21.CCC(C)(C)C(=O)Oc1ccc(O)cc1.CCC(C)(C)C(=O)Oc1ccc2c(c1)COC2=O.c1ccc([S+](c2ccccc2)c2ccccc2)cc1. The van der Waals surface area contributed by atoms with Gasteiger partial charge in [0, 0.05) is 11.5 Å². The summed E-state index contributed by atoms with van der Waals surface area (Å²) in [5.74, 6) is 4.58. The Kier molecular flexibility index (Phi) is 30.9. The molecule has 0 spiro atoms. The third kappa shape index (κ3) is 22.3. The first kappa shape index (κ1) is 89.3. The number of hydrogen-bond acceptors (Lipinski definition) is 16. The molecule has 0 radical (unpaired) electrons. The molecule has 1 heterocycles. The summed E-state index contributed by atoms with van der Waals surface area (Å²) in [5, 5.41) is 4.42. The highest BCUT2D eigenvalue weighted by Crippen LogP contribution is 2.71. The zero-order valence-corrected chi connectivity index (χ0v) is 69.2. The normalized spacial score (nSPS) is 21.1. The first-order valence-corrected chi connectivity index (χ1v) is 41.8. The van der Waals surface area contributed by atoms with Crippen molar-refractivity contribution in [1.29, 1.82) is 0 Å². The Morgan fingerprint density at radius 2 is 1.01 bits per heavy atom. The van der Waals surface area contributed by atoms with E-state index in [2.05, 4.69) is 128 Å². The summed E-state index contributed by atoms with van der Waals surface area (Å²) in [7, 11) is -5.87. The number of aromatic hydroxyl groups is 1. The number of phenolic OH excluding ortho intramolecular Hbond substituents is 1. The predicted octanol–water partition coefficient (Wildman–Crippen LogP) is 21.0. The number of halogens is 2. The number of alkyl halides is 2. The number of carbonyl (C=O) groups is 6. The van der Waals surface area contributed by atoms with E-state index in [1.165, 1.54) is 83.9 Å². The van der Waals surface area contributed by atoms with Gasteiger partial charge in [0.25, 0.3) is 0 Å². The number of fused-ring (bicyclic) bond motifs is 11. The fourth-order valence-electron chi connectivity index (χ4n) is 14.5. The van der Waals surface area contributed by atoms with Gasteiger partial charge in [-0.15, -0.1) is 0 Å². The van der Waals surface area contributed by atoms with Crippen LogP contribution in [0.2, 0.25) is 0 Å². The van der Waals surface area contributed by atoms with Crippen LogP contribution in [0.25, 0.3) is 0 Å². The molecule has 4 bridgehead atoms. The van der Waals surface area contributed by atoms with Crippen LogP contribution in [0.5, 0.6) is 17.2 Å². The number of aryl methyl sites for hydroxylation is 1. The van der Waals surface area contributed by atoms with Crippen LogP contribution in [0, 0.1) is 62.6 Å². The molecule has 0 saturated heterocycles. The summed E-state index contributed by atoms with van der Waals surface area (Å²) >= 11 is 0. The maximum Gasteiger partial charge on any atom is 0.369 e. The first-order valence-electron chi connectivity index (χ1n) is 39.2. The molecule has 5 aliphatic carbocycles. The highest BCUT2D eigenvalue weighted by atomic mass is 32.2. The lowest BCUT2D eigenvalue weighted by Crippen LogP contribution is -2.49. The fraction of sp³-hybridized carbons (Fsp3) is 0.533. The number of phenols is 1. The summed E-state index contributed by atoms with van der Waals surface area (Å²) in [6.45, 7) is 31.1. The molecule has 600 valence electrons. The van der Waals surface area contributed by atoms with Crippen LogP contribution >= 0.6 is 0 Å². The van der Waals surface area contributed by atoms with Gasteiger partial charge in [-0.05, 0) is 292 Å². The van der Waals surface area contributed by atoms with Crippen LogP contribution < -0.4 is 9.47 Å². The molecule has 6 aromatic carbocycles. The topological polar surface area (TPSA) is 235 Å². The van der Waals surface area contributed by atoms with Crippen molar-refractivity contribution in [3.8, 4) is 17.2 Å². The number of hydrogen-bond donors (Lipinski definition) is 1. The Hall–Kier alpha value is -7.94. The Balaban J connectivity index is 0.000000184. The molecule has 9 atom stereocenters. The van der Waals surface area contributed by atoms with Gasteiger partial charge in [0.15, 0.2) is 30.9 Å². The lowest BCUT2D eigenvalue weighted by molar-refractivity contribution is -0.183. The van der Waals surface area contributed by atoms with Crippen LogP contribution in [0.4, 0.5) is 8.78 Å². The number of rotatable bonds is 21. The molecule has 6 aliphatic rings. The van der Waals surface area contributed by atoms with Crippen molar-refractivity contribution >= 4 is 56.8 Å². The molecular formula is C90H118F2O16S2. The predicted molar refractivity (Wildman–Crippen MR) is 423 cm³/mol. The third-order valence-electron chi connectivity index (χ3n) is 23.7. The van der Waals surface area contributed by atoms with Crippen molar-refractivity contribution < 1.29 is 84.0 Å². The summed E-state index contributed by atoms with van der Waals surface area (Å²) in [4.78, 5) is 75.3. The molecule has 16 nitrogen and oxygen atoms in total. The van der Waals surface area contributed by atoms with Gasteiger partial charge in [-0.1, -0.05) is 120 Å². The second kappa shape index (κ2) is 38.1. The molecule has 6 aromatic rings. The van der Waals surface area contributed by atoms with Crippen LogP contribution in [-0.4, -0.2) is 70.9 Å². The van der Waals surface area contributed by atoms with Crippen molar-refractivity contribution in [1.82, 2.24) is 0 Å². The van der Waals surface area contributed by atoms with E-state index in [9.17, 15) is 50.5 Å². The highest BCUT2D eigenvalue weighted by molar-refractivity contribution is 7.97. The first-order chi connectivity index (χ1) is 51.7. The molecular weight excluding hydrogens is 1440 g/mol. The molecule has 0 amide bonds. The Bertz CT molecular complexity index is 4070. The molecule has 4 saturated carbocycles. The van der Waals surface area contributed by atoms with Gasteiger partial charge in [0.05, 0.1) is 43.5 Å². The molecule has 110 heavy (non-hydrogen) atoms. The summed E-state index contributed by atoms with van der Waals surface area (Å²) in [6, 6.07) is 51.6. The van der Waals surface area contributed by atoms with Gasteiger partial charge in [-0.3, -0.25) is 24.0 Å². The maximum atomic E-state index is 13.0. The van der Waals surface area contributed by atoms with E-state index in [4.69, 9.17) is 28.8 Å². The molecule has 12 rings (SSSR count). The fourth-order valence-corrected chi connectivity index (χ4v) is 17.0. The van der Waals surface area contributed by atoms with E-state index in [0.717, 1.165) is 86.5 Å². The number of cyclic esters (lactones) is 1. The average Bonchev–Trinajstić information content (AvgIpc) is 1.53. The Morgan fingerprint density at radius 1 is 0.555 bits per heavy atom. The van der Waals surface area contributed by atoms with Crippen molar-refractivity contribution in [2.75, 3.05) is 0 Å². The van der Waals surface area contributed by atoms with Crippen molar-refractivity contribution in [3.63, 3.8) is 0 Å². The minimum atomic E-state index is -5.86. The number of benzene rings is 6. The van der Waals surface area contributed by atoms with Gasteiger partial charge in [0.2, 0.25) is 0 Å². The highest BCUT2D eigenvalue weighted by Gasteiger charge is 2.68. The van der Waals surface area contributed by atoms with Crippen LogP contribution in [0.1, 0.15) is 241 Å². The molecule has 9 unspecified atom stereocenters. The van der Waals surface area contributed by atoms with Crippen molar-refractivity contribution in [2.24, 2.45) is 62.6 Å². The Labute approximate surface area is 655 Å². The summed E-state index contributed by atoms with van der Waals surface area (Å²) in [6.07, 6.45) is 13.3. The quantitative estimate of drug-likeness (QED) is 0.0134. The van der Waals surface area contributed by atoms with Crippen molar-refractivity contribution in [3.05, 3.63) is 180 Å². The number of esters is 6. The standard InChI is InChI=1S/C20H32O2.C18H15S.C17H24O2.C14H16O4.C12H16O3.C9H16F2O5S/c1-5-19(3,4)18(21)22-20(6-2)11-14-10-15(20)17-13-8-7-12(9-13)16(14)17;1-4-10-16(11-5-1)19(17-12-6-2-7-13-17)18-14-8-3-9-15-18;1-4-17(2,3)16(18)19-15-12-8-6-10-13-9-5-7-11-14(13)15;1-4-14(2,3)13(16)18-10-5-6-11-9(7-10)8-17-12(11)15;1-4-12(2,3)11(14)15-10-7-5-9(13)6-8-10;1-5-8(3,4)7(12)16-6(2)9(10,11)17(13,14)15/h12-17H,5-11H2,1-4H3;1-15H;5,7,9,11,15H,4,6,8,10,12H2,1-3H3;5-7H,4,8H2,1-3H3;5-8,13H,4H2,1-3H3;6H,5H2,1-4H3,(H,13,14,15)/q;+1;;;;/p-1. The molecule has 1 aliphatic heterocycles. The monoisotopic (exact) mass is 1560 g/mol. The average molecular weight is 1560 g/mol. The lowest BCUT2D eigenvalue weighted by atomic mass is 9.65. The zero-order chi connectivity index (χ0) is 81.4. The van der Waals surface area contributed by atoms with Crippen LogP contribution in [0.15, 0.2) is 172 Å². The molecule has 1 N–H and O–H groups in total. The van der Waals surface area contributed by atoms with Crippen LogP contribution in [0.3, 0.4) is 0 Å². The zero-order valence-electron chi connectivity index (χ0n) is 67.6. The third-order valence-corrected chi connectivity index (χ3v) is 27.0. The summed E-state index contributed by atoms with van der Waals surface area (Å²) in [5.41, 5.74) is 1.01. The lowest BCUT2D eigenvalue weighted by Gasteiger charge is -2.46. The maximum absolute atomic E-state index is 13.0. The van der Waals surface area contributed by atoms with Gasteiger partial charge in [0.1, 0.15) is 35.6 Å². The second-order valence-corrected chi connectivity index (χ2v) is 36.6. The molecule has 4 fully saturated rings. The van der Waals surface area contributed by atoms with Crippen LogP contribution in [-0.2, 0) is 77.0 Å². The number of ether oxygens (including phenoxy) is 6.